The molecule has 5 heteroatoms. The Kier molecular flexibility index (Phi) is 4.37. The highest BCUT2D eigenvalue weighted by molar-refractivity contribution is 5.83. The van der Waals surface area contributed by atoms with E-state index in [0.29, 0.717) is 11.6 Å². The number of nitrogens with zero attached hydrogens (tertiary/aromatic N) is 5. The van der Waals surface area contributed by atoms with Gasteiger partial charge in [0.1, 0.15) is 0 Å². The van der Waals surface area contributed by atoms with E-state index >= 15 is 0 Å². The maximum Gasteiger partial charge on any atom is 0.151 e. The second kappa shape index (κ2) is 6.99. The molecule has 3 heterocycles. The molecule has 0 unspecified atom stereocenters. The van der Waals surface area contributed by atoms with Crippen molar-refractivity contribution in [1.29, 1.82) is 0 Å². The molecule has 22 heavy (non-hydrogen) atoms. The van der Waals surface area contributed by atoms with Gasteiger partial charge >= 0.3 is 0 Å². The summed E-state index contributed by atoms with van der Waals surface area (Å²) >= 11 is 0. The van der Waals surface area contributed by atoms with Crippen molar-refractivity contribution in [2.24, 2.45) is 9.98 Å². The first kappa shape index (κ1) is 13.8. The zero-order valence-corrected chi connectivity index (χ0v) is 11.7. The summed E-state index contributed by atoms with van der Waals surface area (Å²) in [4.78, 5) is 21.3. The van der Waals surface area contributed by atoms with E-state index in [1.54, 1.807) is 24.8 Å². The number of aliphatic imine (C=N–C) groups is 2. The van der Waals surface area contributed by atoms with Gasteiger partial charge in [0.05, 0.1) is 23.8 Å². The molecular formula is C17H13N5. The van der Waals surface area contributed by atoms with Crippen LogP contribution in [0.25, 0.3) is 0 Å². The van der Waals surface area contributed by atoms with Crippen LogP contribution in [0.4, 0.5) is 11.6 Å². The molecule has 0 amide bonds. The summed E-state index contributed by atoms with van der Waals surface area (Å²) in [6.07, 6.45) is 6.77. The van der Waals surface area contributed by atoms with Crippen molar-refractivity contribution in [3.05, 3.63) is 78.4 Å². The molecule has 3 rings (SSSR count). The fourth-order valence-corrected chi connectivity index (χ4v) is 1.74. The lowest BCUT2D eigenvalue weighted by molar-refractivity contribution is 1.24. The highest BCUT2D eigenvalue weighted by Gasteiger charge is 1.94. The van der Waals surface area contributed by atoms with Crippen molar-refractivity contribution >= 4 is 24.1 Å². The maximum absolute atomic E-state index is 4.45. The van der Waals surface area contributed by atoms with Crippen molar-refractivity contribution < 1.29 is 0 Å². The summed E-state index contributed by atoms with van der Waals surface area (Å²) in [6, 6.07) is 16.8. The number of hydrogen-bond acceptors (Lipinski definition) is 5. The van der Waals surface area contributed by atoms with Gasteiger partial charge in [-0.05, 0) is 36.4 Å². The van der Waals surface area contributed by atoms with E-state index in [1.165, 1.54) is 0 Å². The van der Waals surface area contributed by atoms with Gasteiger partial charge in [-0.3, -0.25) is 0 Å². The Labute approximate surface area is 128 Å². The van der Waals surface area contributed by atoms with Crippen LogP contribution < -0.4 is 0 Å². The molecule has 5 nitrogen and oxygen atoms in total. The van der Waals surface area contributed by atoms with Crippen molar-refractivity contribution in [1.82, 2.24) is 15.0 Å². The number of hydrogen-bond donors (Lipinski definition) is 0. The topological polar surface area (TPSA) is 63.4 Å². The molecule has 0 bridgehead atoms. The number of pyridine rings is 3. The first-order chi connectivity index (χ1) is 10.9. The molecule has 0 spiro atoms. The fourth-order valence-electron chi connectivity index (χ4n) is 1.74. The van der Waals surface area contributed by atoms with Gasteiger partial charge in [-0.2, -0.15) is 0 Å². The average Bonchev–Trinajstić information content (AvgIpc) is 2.60. The average molecular weight is 287 g/mol. The molecule has 0 saturated heterocycles. The zero-order valence-electron chi connectivity index (χ0n) is 11.7. The molecule has 0 saturated carbocycles. The summed E-state index contributed by atoms with van der Waals surface area (Å²) in [6.45, 7) is 0. The maximum atomic E-state index is 4.45. The van der Waals surface area contributed by atoms with Crippen molar-refractivity contribution in [3.63, 3.8) is 0 Å². The Bertz CT molecular complexity index is 718. The lowest BCUT2D eigenvalue weighted by atomic mass is 10.3. The van der Waals surface area contributed by atoms with Crippen LogP contribution in [0.2, 0.25) is 0 Å². The van der Waals surface area contributed by atoms with Crippen LogP contribution in [0, 0.1) is 0 Å². The molecule has 0 aliphatic carbocycles. The largest absolute Gasteiger partial charge is 0.246 e. The Morgan fingerprint density at radius 2 is 1.18 bits per heavy atom. The molecule has 106 valence electrons. The lowest BCUT2D eigenvalue weighted by Gasteiger charge is -1.96. The molecule has 0 fully saturated rings. The van der Waals surface area contributed by atoms with Gasteiger partial charge in [0, 0.05) is 12.4 Å². The molecule has 0 radical (unpaired) electrons. The standard InChI is InChI=1S/C17H13N5/c1-3-10-18-16(8-1)20-12-14-6-5-7-15(22-14)13-21-17-9-2-4-11-19-17/h1-13H/b20-12+,21-13+. The summed E-state index contributed by atoms with van der Waals surface area (Å²) in [5.74, 6) is 1.30. The molecule has 0 aliphatic rings. The predicted octanol–water partition coefficient (Wildman–Crippen LogP) is 3.37. The van der Waals surface area contributed by atoms with Crippen molar-refractivity contribution in [2.45, 2.75) is 0 Å². The number of aromatic nitrogens is 3. The molecule has 0 aliphatic heterocycles. The van der Waals surface area contributed by atoms with Crippen molar-refractivity contribution in [3.8, 4) is 0 Å². The summed E-state index contributed by atoms with van der Waals surface area (Å²) < 4.78 is 0. The lowest BCUT2D eigenvalue weighted by Crippen LogP contribution is -1.93. The van der Waals surface area contributed by atoms with Gasteiger partial charge in [0.2, 0.25) is 0 Å². The summed E-state index contributed by atoms with van der Waals surface area (Å²) in [7, 11) is 0. The van der Waals surface area contributed by atoms with E-state index in [0.717, 1.165) is 11.4 Å². The molecular weight excluding hydrogens is 274 g/mol. The van der Waals surface area contributed by atoms with Crippen LogP contribution >= 0.6 is 0 Å². The van der Waals surface area contributed by atoms with E-state index in [4.69, 9.17) is 0 Å². The minimum absolute atomic E-state index is 0.650. The Hall–Kier alpha value is -3.21. The minimum Gasteiger partial charge on any atom is -0.246 e. The van der Waals surface area contributed by atoms with Crippen LogP contribution in [0.5, 0.6) is 0 Å². The van der Waals surface area contributed by atoms with Gasteiger partial charge in [0.25, 0.3) is 0 Å². The minimum atomic E-state index is 0.650. The molecule has 0 atom stereocenters. The normalized spacial score (nSPS) is 11.3. The first-order valence-corrected chi connectivity index (χ1v) is 6.77. The second-order valence-electron chi connectivity index (χ2n) is 4.38. The Morgan fingerprint density at radius 3 is 1.64 bits per heavy atom. The third kappa shape index (κ3) is 3.89. The van der Waals surface area contributed by atoms with Crippen LogP contribution in [-0.2, 0) is 0 Å². The second-order valence-corrected chi connectivity index (χ2v) is 4.38. The predicted molar refractivity (Wildman–Crippen MR) is 87.2 cm³/mol. The number of rotatable bonds is 4. The third-order valence-corrected chi connectivity index (χ3v) is 2.75. The molecule has 0 N–H and O–H groups in total. The van der Waals surface area contributed by atoms with E-state index in [9.17, 15) is 0 Å². The summed E-state index contributed by atoms with van der Waals surface area (Å²) in [5, 5.41) is 0. The Morgan fingerprint density at radius 1 is 0.636 bits per heavy atom. The fraction of sp³-hybridized carbons (Fsp3) is 0. The van der Waals surface area contributed by atoms with E-state index in [2.05, 4.69) is 24.9 Å². The van der Waals surface area contributed by atoms with E-state index in [-0.39, 0.29) is 0 Å². The van der Waals surface area contributed by atoms with Crippen LogP contribution in [0.1, 0.15) is 11.4 Å². The molecule has 3 aromatic heterocycles. The quantitative estimate of drug-likeness (QED) is 0.691. The van der Waals surface area contributed by atoms with Crippen LogP contribution in [0.3, 0.4) is 0 Å². The van der Waals surface area contributed by atoms with Gasteiger partial charge in [-0.25, -0.2) is 24.9 Å². The Balaban J connectivity index is 1.75. The molecule has 3 aromatic rings. The van der Waals surface area contributed by atoms with E-state index in [1.807, 2.05) is 54.6 Å². The highest BCUT2D eigenvalue weighted by atomic mass is 14.9. The van der Waals surface area contributed by atoms with Crippen molar-refractivity contribution in [2.75, 3.05) is 0 Å². The zero-order chi connectivity index (χ0) is 15.0. The van der Waals surface area contributed by atoms with E-state index < -0.39 is 0 Å². The highest BCUT2D eigenvalue weighted by Crippen LogP contribution is 2.06. The molecule has 0 aromatic carbocycles. The van der Waals surface area contributed by atoms with Gasteiger partial charge in [-0.15, -0.1) is 0 Å². The van der Waals surface area contributed by atoms with Gasteiger partial charge in [0.15, 0.2) is 11.6 Å². The monoisotopic (exact) mass is 287 g/mol. The van der Waals surface area contributed by atoms with Crippen LogP contribution in [0.15, 0.2) is 77.0 Å². The summed E-state index contributed by atoms with van der Waals surface area (Å²) in [5.41, 5.74) is 1.49. The van der Waals surface area contributed by atoms with Gasteiger partial charge in [-0.1, -0.05) is 18.2 Å². The first-order valence-electron chi connectivity index (χ1n) is 6.77. The van der Waals surface area contributed by atoms with Crippen LogP contribution in [-0.4, -0.2) is 27.4 Å². The smallest absolute Gasteiger partial charge is 0.151 e. The SMILES string of the molecule is C(=N\c1ccccn1)/c1cccc(/C=N/c2ccccn2)n1. The van der Waals surface area contributed by atoms with Gasteiger partial charge < -0.3 is 0 Å². The third-order valence-electron chi connectivity index (χ3n) is 2.75.